The van der Waals surface area contributed by atoms with Crippen molar-refractivity contribution in [3.63, 3.8) is 0 Å². The molecular formula is C21H23ClN4O3S. The first-order chi connectivity index (χ1) is 14.5. The Kier molecular flexibility index (Phi) is 5.97. The van der Waals surface area contributed by atoms with Crippen LogP contribution in [0.2, 0.25) is 5.02 Å². The zero-order chi connectivity index (χ0) is 21.3. The monoisotopic (exact) mass is 446 g/mol. The second-order valence-electron chi connectivity index (χ2n) is 7.37. The number of carbonyl (C=O) groups excluding carboxylic acids is 2. The van der Waals surface area contributed by atoms with E-state index in [1.54, 1.807) is 4.90 Å². The van der Waals surface area contributed by atoms with Crippen LogP contribution in [0.15, 0.2) is 30.3 Å². The molecule has 1 aromatic carbocycles. The molecule has 2 aromatic heterocycles. The maximum Gasteiger partial charge on any atom is 0.409 e. The molecule has 158 valence electrons. The maximum atomic E-state index is 12.8. The number of fused-ring (bicyclic) bond motifs is 1. The third-order valence-corrected chi connectivity index (χ3v) is 6.89. The second-order valence-corrected chi connectivity index (χ2v) is 8.81. The normalized spacial score (nSPS) is 14.8. The van der Waals surface area contributed by atoms with Crippen LogP contribution in [0.25, 0.3) is 10.2 Å². The van der Waals surface area contributed by atoms with Crippen molar-refractivity contribution in [2.45, 2.75) is 32.4 Å². The summed E-state index contributed by atoms with van der Waals surface area (Å²) in [6.45, 7) is 3.66. The maximum absolute atomic E-state index is 12.8. The summed E-state index contributed by atoms with van der Waals surface area (Å²) in [6.07, 6.45) is 1.11. The zero-order valence-corrected chi connectivity index (χ0v) is 18.4. The van der Waals surface area contributed by atoms with Gasteiger partial charge in [0, 0.05) is 29.5 Å². The van der Waals surface area contributed by atoms with Gasteiger partial charge in [0.2, 0.25) is 0 Å². The average Bonchev–Trinajstić information content (AvgIpc) is 3.31. The molecule has 0 saturated carbocycles. The van der Waals surface area contributed by atoms with Crippen molar-refractivity contribution in [3.8, 4) is 0 Å². The van der Waals surface area contributed by atoms with Gasteiger partial charge in [-0.2, -0.15) is 5.10 Å². The predicted octanol–water partition coefficient (Wildman–Crippen LogP) is 4.07. The summed E-state index contributed by atoms with van der Waals surface area (Å²) in [5.74, 6) is -0.0867. The molecule has 3 aromatic rings. The molecule has 0 aliphatic carbocycles. The number of nitrogens with zero attached hydrogens (tertiary/aromatic N) is 3. The molecule has 1 N–H and O–H groups in total. The van der Waals surface area contributed by atoms with Gasteiger partial charge in [0.05, 0.1) is 24.2 Å². The number of thiophene rings is 1. The molecule has 1 aliphatic heterocycles. The number of amides is 2. The third kappa shape index (κ3) is 4.15. The van der Waals surface area contributed by atoms with Gasteiger partial charge in [-0.25, -0.2) is 4.79 Å². The summed E-state index contributed by atoms with van der Waals surface area (Å²) in [5, 5.41) is 9.41. The molecule has 1 saturated heterocycles. The van der Waals surface area contributed by atoms with Gasteiger partial charge in [-0.3, -0.25) is 9.48 Å². The number of hydrogen-bond acceptors (Lipinski definition) is 5. The van der Waals surface area contributed by atoms with E-state index in [2.05, 4.69) is 10.4 Å². The van der Waals surface area contributed by atoms with E-state index in [1.165, 1.54) is 18.4 Å². The highest BCUT2D eigenvalue weighted by atomic mass is 35.5. The number of aromatic nitrogens is 2. The number of benzene rings is 1. The van der Waals surface area contributed by atoms with Crippen LogP contribution in [0.3, 0.4) is 0 Å². The van der Waals surface area contributed by atoms with Crippen LogP contribution in [0, 0.1) is 6.92 Å². The molecule has 0 radical (unpaired) electrons. The van der Waals surface area contributed by atoms with Crippen LogP contribution >= 0.6 is 22.9 Å². The lowest BCUT2D eigenvalue weighted by Gasteiger charge is -2.31. The number of aryl methyl sites for hydroxylation is 1. The number of piperidine rings is 1. The van der Waals surface area contributed by atoms with Crippen LogP contribution in [0.5, 0.6) is 0 Å². The molecular weight excluding hydrogens is 424 g/mol. The predicted molar refractivity (Wildman–Crippen MR) is 117 cm³/mol. The fourth-order valence-electron chi connectivity index (χ4n) is 3.71. The first-order valence-electron chi connectivity index (χ1n) is 9.80. The van der Waals surface area contributed by atoms with Crippen molar-refractivity contribution in [2.75, 3.05) is 20.2 Å². The van der Waals surface area contributed by atoms with Gasteiger partial charge in [0.25, 0.3) is 5.91 Å². The van der Waals surface area contributed by atoms with Crippen molar-refractivity contribution in [1.82, 2.24) is 20.0 Å². The Morgan fingerprint density at radius 3 is 2.73 bits per heavy atom. The lowest BCUT2D eigenvalue weighted by Crippen LogP contribution is -2.46. The van der Waals surface area contributed by atoms with Gasteiger partial charge in [-0.1, -0.05) is 29.8 Å². The molecule has 0 unspecified atom stereocenters. The number of carbonyl (C=O) groups is 2. The number of methoxy groups -OCH3 is 1. The van der Waals surface area contributed by atoms with Gasteiger partial charge in [-0.15, -0.1) is 11.3 Å². The van der Waals surface area contributed by atoms with Crippen molar-refractivity contribution >= 4 is 45.2 Å². The number of ether oxygens (including phenoxy) is 1. The first-order valence-corrected chi connectivity index (χ1v) is 11.0. The number of rotatable bonds is 4. The quantitative estimate of drug-likeness (QED) is 0.655. The molecule has 1 fully saturated rings. The van der Waals surface area contributed by atoms with Gasteiger partial charge in [0.1, 0.15) is 4.83 Å². The summed E-state index contributed by atoms with van der Waals surface area (Å²) in [7, 11) is 1.38. The van der Waals surface area contributed by atoms with Crippen molar-refractivity contribution in [2.24, 2.45) is 0 Å². The smallest absolute Gasteiger partial charge is 0.409 e. The summed E-state index contributed by atoms with van der Waals surface area (Å²) in [5.41, 5.74) is 1.87. The molecule has 7 nitrogen and oxygen atoms in total. The SMILES string of the molecule is COC(=O)N1CCC(NC(=O)c2cc3c(C)nn(Cc4ccccc4Cl)c3s2)CC1. The van der Waals surface area contributed by atoms with Gasteiger partial charge < -0.3 is 15.0 Å². The highest BCUT2D eigenvalue weighted by Crippen LogP contribution is 2.30. The molecule has 30 heavy (non-hydrogen) atoms. The Morgan fingerprint density at radius 2 is 2.03 bits per heavy atom. The standard InChI is InChI=1S/C21H23ClN4O3S/c1-13-16-11-18(19(27)23-15-7-9-25(10-8-15)21(28)29-2)30-20(16)26(24-13)12-14-5-3-4-6-17(14)22/h3-6,11,15H,7-10,12H2,1-2H3,(H,23,27). The summed E-state index contributed by atoms with van der Waals surface area (Å²) < 4.78 is 6.66. The average molecular weight is 447 g/mol. The number of hydrogen-bond donors (Lipinski definition) is 1. The zero-order valence-electron chi connectivity index (χ0n) is 16.9. The highest BCUT2D eigenvalue weighted by Gasteiger charge is 2.25. The Bertz CT molecular complexity index is 1090. The Labute approximate surface area is 183 Å². The first kappa shape index (κ1) is 20.7. The minimum atomic E-state index is -0.317. The molecule has 0 atom stereocenters. The van der Waals surface area contributed by atoms with E-state index < -0.39 is 0 Å². The van der Waals surface area contributed by atoms with E-state index in [0.29, 0.717) is 42.4 Å². The fourth-order valence-corrected chi connectivity index (χ4v) is 4.97. The molecule has 9 heteroatoms. The van der Waals surface area contributed by atoms with E-state index in [0.717, 1.165) is 21.5 Å². The van der Waals surface area contributed by atoms with Crippen molar-refractivity contribution in [3.05, 3.63) is 51.5 Å². The molecule has 4 rings (SSSR count). The summed E-state index contributed by atoms with van der Waals surface area (Å²) >= 11 is 7.74. The lowest BCUT2D eigenvalue weighted by molar-refractivity contribution is 0.0896. The van der Waals surface area contributed by atoms with Crippen molar-refractivity contribution in [1.29, 1.82) is 0 Å². The summed E-state index contributed by atoms with van der Waals surface area (Å²) in [6, 6.07) is 9.65. The molecule has 0 bridgehead atoms. The highest BCUT2D eigenvalue weighted by molar-refractivity contribution is 7.20. The Balaban J connectivity index is 1.47. The third-order valence-electron chi connectivity index (χ3n) is 5.37. The largest absolute Gasteiger partial charge is 0.453 e. The van der Waals surface area contributed by atoms with E-state index in [-0.39, 0.29) is 18.0 Å². The number of halogens is 1. The Morgan fingerprint density at radius 1 is 1.30 bits per heavy atom. The molecule has 2 amide bonds. The van der Waals surface area contributed by atoms with Crippen LogP contribution < -0.4 is 5.32 Å². The second kappa shape index (κ2) is 8.65. The molecule has 0 spiro atoms. The topological polar surface area (TPSA) is 76.5 Å². The molecule has 1 aliphatic rings. The van der Waals surface area contributed by atoms with Gasteiger partial charge in [0.15, 0.2) is 0 Å². The van der Waals surface area contributed by atoms with Crippen molar-refractivity contribution < 1.29 is 14.3 Å². The van der Waals surface area contributed by atoms with Gasteiger partial charge in [-0.05, 0) is 37.5 Å². The minimum Gasteiger partial charge on any atom is -0.453 e. The van der Waals surface area contributed by atoms with E-state index >= 15 is 0 Å². The van der Waals surface area contributed by atoms with Crippen LogP contribution in [-0.4, -0.2) is 52.9 Å². The lowest BCUT2D eigenvalue weighted by atomic mass is 10.1. The molecule has 3 heterocycles. The van der Waals surface area contributed by atoms with Crippen LogP contribution in [0.1, 0.15) is 33.8 Å². The number of nitrogens with one attached hydrogen (secondary N) is 1. The fraction of sp³-hybridized carbons (Fsp3) is 0.381. The van der Waals surface area contributed by atoms with Crippen LogP contribution in [-0.2, 0) is 11.3 Å². The van der Waals surface area contributed by atoms with E-state index in [4.69, 9.17) is 16.3 Å². The van der Waals surface area contributed by atoms with Crippen LogP contribution in [0.4, 0.5) is 4.79 Å². The van der Waals surface area contributed by atoms with Gasteiger partial charge >= 0.3 is 6.09 Å². The Hall–Kier alpha value is -2.58. The minimum absolute atomic E-state index is 0.0457. The summed E-state index contributed by atoms with van der Waals surface area (Å²) in [4.78, 5) is 27.7. The number of likely N-dealkylation sites (tertiary alicyclic amines) is 1. The van der Waals surface area contributed by atoms with E-state index in [1.807, 2.05) is 41.9 Å². The van der Waals surface area contributed by atoms with E-state index in [9.17, 15) is 9.59 Å².